The van der Waals surface area contributed by atoms with Crippen LogP contribution in [0.3, 0.4) is 0 Å². The van der Waals surface area contributed by atoms with E-state index in [1.807, 2.05) is 12.1 Å². The highest BCUT2D eigenvalue weighted by Gasteiger charge is 2.16. The second-order valence-electron chi connectivity index (χ2n) is 9.22. The molecule has 4 aromatic rings. The molecule has 5 rings (SSSR count). The Kier molecular flexibility index (Phi) is 8.11. The summed E-state index contributed by atoms with van der Waals surface area (Å²) in [4.78, 5) is 23.5. The number of aromatic nitrogens is 4. The summed E-state index contributed by atoms with van der Waals surface area (Å²) in [6, 6.07) is 8.84. The van der Waals surface area contributed by atoms with Crippen molar-refractivity contribution in [1.29, 1.82) is 0 Å². The van der Waals surface area contributed by atoms with Crippen molar-refractivity contribution in [3.63, 3.8) is 0 Å². The van der Waals surface area contributed by atoms with Gasteiger partial charge in [-0.1, -0.05) is 6.07 Å². The van der Waals surface area contributed by atoms with Gasteiger partial charge in [0, 0.05) is 29.8 Å². The fourth-order valence-corrected chi connectivity index (χ4v) is 4.52. The van der Waals surface area contributed by atoms with E-state index in [0.29, 0.717) is 46.3 Å². The molecule has 1 aliphatic heterocycles. The molecule has 2 aromatic carbocycles. The Hall–Kier alpha value is -4.32. The van der Waals surface area contributed by atoms with Crippen LogP contribution in [0.1, 0.15) is 25.0 Å². The normalized spacial score (nSPS) is 13.5. The van der Waals surface area contributed by atoms with Crippen molar-refractivity contribution in [3.05, 3.63) is 60.1 Å². The number of hydrogen-bond donors (Lipinski definition) is 3. The molecule has 0 spiro atoms. The monoisotopic (exact) mass is 537 g/mol. The number of carbonyl (C=O) groups excluding carboxylic acids is 1. The number of halogens is 2. The van der Waals surface area contributed by atoms with Gasteiger partial charge in [0.05, 0.1) is 31.3 Å². The summed E-state index contributed by atoms with van der Waals surface area (Å²) in [5, 5.41) is 13.1. The molecular weight excluding hydrogens is 508 g/mol. The molecule has 1 aliphatic rings. The highest BCUT2D eigenvalue weighted by molar-refractivity contribution is 5.93. The number of rotatable bonds is 11. The lowest BCUT2D eigenvalue weighted by atomic mass is 10.2. The minimum absolute atomic E-state index is 0.124. The van der Waals surface area contributed by atoms with Crippen molar-refractivity contribution < 1.29 is 23.0 Å². The second-order valence-corrected chi connectivity index (χ2v) is 9.22. The van der Waals surface area contributed by atoms with Crippen molar-refractivity contribution in [2.45, 2.75) is 25.7 Å². The number of fused-ring (bicyclic) bond motifs is 1. The Morgan fingerprint density at radius 1 is 1.13 bits per heavy atom. The minimum Gasteiger partial charge on any atom is -0.493 e. The smallest absolute Gasteiger partial charge is 0.230 e. The van der Waals surface area contributed by atoms with Crippen molar-refractivity contribution in [1.82, 2.24) is 25.1 Å². The van der Waals surface area contributed by atoms with E-state index in [4.69, 9.17) is 9.47 Å². The zero-order valence-corrected chi connectivity index (χ0v) is 21.5. The highest BCUT2D eigenvalue weighted by atomic mass is 19.2. The molecule has 10 nitrogen and oxygen atoms in total. The predicted octanol–water partition coefficient (Wildman–Crippen LogP) is 4.43. The first-order chi connectivity index (χ1) is 19.0. The van der Waals surface area contributed by atoms with Crippen LogP contribution in [0.25, 0.3) is 10.9 Å². The summed E-state index contributed by atoms with van der Waals surface area (Å²) >= 11 is 0. The number of aromatic amines is 1. The topological polar surface area (TPSA) is 117 Å². The minimum atomic E-state index is -1.11. The van der Waals surface area contributed by atoms with Gasteiger partial charge in [-0.15, -0.1) is 0 Å². The number of nitrogens with one attached hydrogen (secondary N) is 3. The Balaban J connectivity index is 1.24. The average Bonchev–Trinajstić information content (AvgIpc) is 3.61. The quantitative estimate of drug-likeness (QED) is 0.241. The maximum absolute atomic E-state index is 13.8. The van der Waals surface area contributed by atoms with E-state index in [1.165, 1.54) is 31.3 Å². The molecular formula is C27H29F2N7O3. The van der Waals surface area contributed by atoms with Crippen LogP contribution in [0, 0.1) is 11.6 Å². The van der Waals surface area contributed by atoms with Crippen LogP contribution in [0.5, 0.6) is 11.5 Å². The molecule has 2 aromatic heterocycles. The zero-order valence-electron chi connectivity index (χ0n) is 21.5. The van der Waals surface area contributed by atoms with Gasteiger partial charge < -0.3 is 25.0 Å². The van der Waals surface area contributed by atoms with Crippen LogP contribution in [0.2, 0.25) is 0 Å². The number of ether oxygens (including phenoxy) is 2. The molecule has 12 heteroatoms. The fraction of sp³-hybridized carbons (Fsp3) is 0.333. The number of benzene rings is 2. The number of H-pyrrole nitrogens is 1. The molecule has 0 radical (unpaired) electrons. The number of amides is 1. The second kappa shape index (κ2) is 12.0. The van der Waals surface area contributed by atoms with Crippen LogP contribution >= 0.6 is 0 Å². The number of anilines is 3. The van der Waals surface area contributed by atoms with E-state index in [2.05, 4.69) is 35.7 Å². The Labute approximate surface area is 223 Å². The summed E-state index contributed by atoms with van der Waals surface area (Å²) in [5.41, 5.74) is 0.900. The summed E-state index contributed by atoms with van der Waals surface area (Å²) in [5.74, 6) is -0.603. The summed E-state index contributed by atoms with van der Waals surface area (Å²) in [7, 11) is 1.58. The third-order valence-corrected chi connectivity index (χ3v) is 6.45. The van der Waals surface area contributed by atoms with E-state index >= 15 is 0 Å². The Morgan fingerprint density at radius 2 is 1.97 bits per heavy atom. The van der Waals surface area contributed by atoms with Crippen LogP contribution in [0.4, 0.5) is 26.1 Å². The van der Waals surface area contributed by atoms with Gasteiger partial charge in [-0.3, -0.25) is 9.89 Å². The first kappa shape index (κ1) is 26.3. The number of likely N-dealkylation sites (tertiary alicyclic amines) is 1. The van der Waals surface area contributed by atoms with Crippen molar-refractivity contribution in [2.75, 3.05) is 44.0 Å². The lowest BCUT2D eigenvalue weighted by Crippen LogP contribution is -2.21. The van der Waals surface area contributed by atoms with Crippen LogP contribution in [-0.2, 0) is 11.2 Å². The average molecular weight is 538 g/mol. The molecule has 0 aliphatic carbocycles. The Morgan fingerprint density at radius 3 is 2.79 bits per heavy atom. The largest absolute Gasteiger partial charge is 0.493 e. The van der Waals surface area contributed by atoms with Crippen LogP contribution in [0.15, 0.2) is 42.7 Å². The lowest BCUT2D eigenvalue weighted by molar-refractivity contribution is -0.115. The number of hydrogen-bond acceptors (Lipinski definition) is 8. The highest BCUT2D eigenvalue weighted by Crippen LogP contribution is 2.34. The lowest BCUT2D eigenvalue weighted by Gasteiger charge is -2.16. The Bertz CT molecular complexity index is 1460. The van der Waals surface area contributed by atoms with E-state index in [9.17, 15) is 13.6 Å². The van der Waals surface area contributed by atoms with Crippen molar-refractivity contribution in [3.8, 4) is 11.5 Å². The molecule has 39 heavy (non-hydrogen) atoms. The van der Waals surface area contributed by atoms with Crippen molar-refractivity contribution in [2.24, 2.45) is 0 Å². The first-order valence-electron chi connectivity index (χ1n) is 12.7. The maximum atomic E-state index is 13.8. The number of carbonyl (C=O) groups is 1. The molecule has 1 amide bonds. The van der Waals surface area contributed by atoms with E-state index < -0.39 is 17.5 Å². The third-order valence-electron chi connectivity index (χ3n) is 6.45. The van der Waals surface area contributed by atoms with Crippen LogP contribution in [-0.4, -0.2) is 64.3 Å². The summed E-state index contributed by atoms with van der Waals surface area (Å²) in [6.07, 6.45) is 4.77. The van der Waals surface area contributed by atoms with Crippen molar-refractivity contribution >= 4 is 34.1 Å². The summed E-state index contributed by atoms with van der Waals surface area (Å²) in [6.45, 7) is 3.91. The number of nitrogens with zero attached hydrogens (tertiary/aromatic N) is 4. The standard InChI is InChI=1S/C27H29F2N7O3/c1-38-22-14-18-21(15-23(22)39-11-5-10-36-8-2-3-9-36)30-16-31-27(18)33-24-12-17(34-35-24)13-25(37)32-20-7-4-6-19(28)26(20)29/h4,6-7,12,14-16H,2-3,5,8-11,13H2,1H3,(H,32,37)(H2,30,31,33,34,35). The molecule has 3 heterocycles. The van der Waals surface area contributed by atoms with Gasteiger partial charge in [0.2, 0.25) is 5.91 Å². The molecule has 1 saturated heterocycles. The number of methoxy groups -OCH3 is 1. The van der Waals surface area contributed by atoms with E-state index in [-0.39, 0.29) is 12.1 Å². The van der Waals surface area contributed by atoms with Gasteiger partial charge in [-0.2, -0.15) is 5.10 Å². The van der Waals surface area contributed by atoms with E-state index in [1.54, 1.807) is 13.2 Å². The molecule has 1 fully saturated rings. The molecule has 204 valence electrons. The summed E-state index contributed by atoms with van der Waals surface area (Å²) < 4.78 is 38.8. The van der Waals surface area contributed by atoms with Gasteiger partial charge >= 0.3 is 0 Å². The molecule has 0 saturated carbocycles. The maximum Gasteiger partial charge on any atom is 0.230 e. The first-order valence-corrected chi connectivity index (χ1v) is 12.7. The van der Waals surface area contributed by atoms with Gasteiger partial charge in [-0.25, -0.2) is 18.7 Å². The molecule has 0 bridgehead atoms. The van der Waals surface area contributed by atoms with Gasteiger partial charge in [0.15, 0.2) is 29.0 Å². The van der Waals surface area contributed by atoms with E-state index in [0.717, 1.165) is 32.1 Å². The van der Waals surface area contributed by atoms with Gasteiger partial charge in [0.25, 0.3) is 0 Å². The molecule has 3 N–H and O–H groups in total. The van der Waals surface area contributed by atoms with Gasteiger partial charge in [0.1, 0.15) is 12.1 Å². The van der Waals surface area contributed by atoms with Gasteiger partial charge in [-0.05, 0) is 50.6 Å². The van der Waals surface area contributed by atoms with Crippen LogP contribution < -0.4 is 20.1 Å². The fourth-order valence-electron chi connectivity index (χ4n) is 4.52. The molecule has 0 atom stereocenters. The molecule has 0 unspecified atom stereocenters. The SMILES string of the molecule is COc1cc2c(Nc3cc(CC(=O)Nc4cccc(F)c4F)[nH]n3)ncnc2cc1OCCCN1CCCC1. The zero-order chi connectivity index (χ0) is 27.2. The predicted molar refractivity (Wildman–Crippen MR) is 142 cm³/mol. The third kappa shape index (κ3) is 6.40.